The van der Waals surface area contributed by atoms with Gasteiger partial charge in [0, 0.05) is 5.39 Å². The number of nitrogens with zero attached hydrogens (tertiary/aromatic N) is 1. The number of fused-ring (bicyclic) bond motifs is 1. The fraction of sp³-hybridized carbons (Fsp3) is 0. The van der Waals surface area contributed by atoms with E-state index in [2.05, 4.69) is 10.2 Å². The van der Waals surface area contributed by atoms with Gasteiger partial charge in [0.15, 0.2) is 0 Å². The lowest BCUT2D eigenvalue weighted by Crippen LogP contribution is -2.06. The minimum absolute atomic E-state index is 0.299. The minimum Gasteiger partial charge on any atom is -0.267 e. The molecule has 0 spiro atoms. The molecule has 0 aliphatic rings. The third-order valence-corrected chi connectivity index (χ3v) is 1.63. The second kappa shape index (κ2) is 2.41. The van der Waals surface area contributed by atoms with Crippen molar-refractivity contribution in [2.45, 2.75) is 0 Å². The summed E-state index contributed by atoms with van der Waals surface area (Å²) in [6.45, 7) is 0. The molecule has 0 aliphatic heterocycles. The number of rotatable bonds is 0. The molecule has 0 bridgehead atoms. The zero-order valence-electron chi connectivity index (χ0n) is 6.04. The largest absolute Gasteiger partial charge is 0.272 e. The van der Waals surface area contributed by atoms with Gasteiger partial charge in [0.05, 0.1) is 11.6 Å². The lowest BCUT2D eigenvalue weighted by Gasteiger charge is -1.93. The van der Waals surface area contributed by atoms with Gasteiger partial charge in [0.1, 0.15) is 5.82 Å². The van der Waals surface area contributed by atoms with E-state index in [1.165, 1.54) is 24.4 Å². The molecule has 60 valence electrons. The first-order valence-electron chi connectivity index (χ1n) is 3.40. The van der Waals surface area contributed by atoms with E-state index in [4.69, 9.17) is 0 Å². The molecule has 2 aromatic rings. The fourth-order valence-corrected chi connectivity index (χ4v) is 1.07. The van der Waals surface area contributed by atoms with Crippen molar-refractivity contribution in [3.63, 3.8) is 0 Å². The molecule has 1 heterocycles. The fourth-order valence-electron chi connectivity index (χ4n) is 1.07. The summed E-state index contributed by atoms with van der Waals surface area (Å²) in [6.07, 6.45) is 1.42. The number of H-pyrrole nitrogens is 1. The second-order valence-electron chi connectivity index (χ2n) is 2.43. The van der Waals surface area contributed by atoms with Crippen molar-refractivity contribution in [2.75, 3.05) is 0 Å². The van der Waals surface area contributed by atoms with Crippen LogP contribution in [0.3, 0.4) is 0 Å². The predicted molar refractivity (Wildman–Crippen MR) is 42.3 cm³/mol. The van der Waals surface area contributed by atoms with Crippen LogP contribution in [0.4, 0.5) is 4.39 Å². The second-order valence-corrected chi connectivity index (χ2v) is 2.43. The van der Waals surface area contributed by atoms with Crippen LogP contribution in [0.15, 0.2) is 29.2 Å². The highest BCUT2D eigenvalue weighted by molar-refractivity contribution is 5.80. The summed E-state index contributed by atoms with van der Waals surface area (Å²) in [5.74, 6) is -0.366. The van der Waals surface area contributed by atoms with Crippen molar-refractivity contribution in [2.24, 2.45) is 0 Å². The number of benzene rings is 1. The Bertz CT molecular complexity index is 478. The third-order valence-electron chi connectivity index (χ3n) is 1.63. The van der Waals surface area contributed by atoms with Gasteiger partial charge in [-0.15, -0.1) is 0 Å². The Labute approximate surface area is 66.8 Å². The van der Waals surface area contributed by atoms with Crippen molar-refractivity contribution in [3.8, 4) is 0 Å². The standard InChI is InChI=1S/C8H5FN2O/c9-6-1-2-7-5(3-6)4-10-11-8(7)12/h1-4H,(H,11,12). The van der Waals surface area contributed by atoms with Gasteiger partial charge in [-0.1, -0.05) is 0 Å². The van der Waals surface area contributed by atoms with Crippen molar-refractivity contribution in [3.05, 3.63) is 40.6 Å². The highest BCUT2D eigenvalue weighted by atomic mass is 19.1. The van der Waals surface area contributed by atoms with E-state index >= 15 is 0 Å². The summed E-state index contributed by atoms with van der Waals surface area (Å²) in [7, 11) is 0. The molecule has 1 N–H and O–H groups in total. The molecule has 1 aromatic carbocycles. The highest BCUT2D eigenvalue weighted by Crippen LogP contribution is 2.08. The van der Waals surface area contributed by atoms with Crippen LogP contribution in [0, 0.1) is 5.82 Å². The minimum atomic E-state index is -0.366. The molecule has 0 radical (unpaired) electrons. The van der Waals surface area contributed by atoms with Crippen LogP contribution in [0.1, 0.15) is 0 Å². The van der Waals surface area contributed by atoms with Gasteiger partial charge in [0.2, 0.25) is 0 Å². The SMILES string of the molecule is O=c1[nH]ncc2cc(F)ccc12. The predicted octanol–water partition coefficient (Wildman–Crippen LogP) is 1.06. The lowest BCUT2D eigenvalue weighted by atomic mass is 10.2. The van der Waals surface area contributed by atoms with Crippen molar-refractivity contribution < 1.29 is 4.39 Å². The van der Waals surface area contributed by atoms with Crippen LogP contribution in [0.25, 0.3) is 10.8 Å². The Morgan fingerprint density at radius 2 is 2.25 bits per heavy atom. The zero-order valence-corrected chi connectivity index (χ0v) is 6.04. The summed E-state index contributed by atoms with van der Waals surface area (Å²) < 4.78 is 12.6. The zero-order chi connectivity index (χ0) is 8.55. The van der Waals surface area contributed by atoms with Crippen LogP contribution in [-0.4, -0.2) is 10.2 Å². The highest BCUT2D eigenvalue weighted by Gasteiger charge is 1.98. The van der Waals surface area contributed by atoms with Crippen LogP contribution in [-0.2, 0) is 0 Å². The Hall–Kier alpha value is -1.71. The van der Waals surface area contributed by atoms with Crippen LogP contribution in [0.5, 0.6) is 0 Å². The number of aromatic nitrogens is 2. The number of nitrogens with one attached hydrogen (secondary N) is 1. The van der Waals surface area contributed by atoms with Crippen molar-refractivity contribution >= 4 is 10.8 Å². The molecule has 4 heteroatoms. The molecule has 0 unspecified atom stereocenters. The van der Waals surface area contributed by atoms with E-state index in [0.717, 1.165) is 0 Å². The van der Waals surface area contributed by atoms with Gasteiger partial charge in [-0.25, -0.2) is 9.49 Å². The van der Waals surface area contributed by atoms with Gasteiger partial charge < -0.3 is 0 Å². The molecule has 2 rings (SSSR count). The molecule has 0 amide bonds. The number of aromatic amines is 1. The summed E-state index contributed by atoms with van der Waals surface area (Å²) in [6, 6.07) is 3.96. The first kappa shape index (κ1) is 6.97. The number of hydrogen-bond donors (Lipinski definition) is 1. The molecule has 0 aliphatic carbocycles. The first-order valence-corrected chi connectivity index (χ1v) is 3.40. The molecule has 3 nitrogen and oxygen atoms in total. The Kier molecular flexibility index (Phi) is 1.40. The van der Waals surface area contributed by atoms with E-state index in [1.807, 2.05) is 0 Å². The number of halogens is 1. The third kappa shape index (κ3) is 0.972. The molecule has 12 heavy (non-hydrogen) atoms. The van der Waals surface area contributed by atoms with Gasteiger partial charge in [-0.2, -0.15) is 5.10 Å². The number of hydrogen-bond acceptors (Lipinski definition) is 2. The normalized spacial score (nSPS) is 10.4. The maximum Gasteiger partial charge on any atom is 0.272 e. The monoisotopic (exact) mass is 164 g/mol. The summed E-state index contributed by atoms with van der Waals surface area (Å²) >= 11 is 0. The topological polar surface area (TPSA) is 45.8 Å². The molecular weight excluding hydrogens is 159 g/mol. The van der Waals surface area contributed by atoms with Crippen LogP contribution in [0.2, 0.25) is 0 Å². The van der Waals surface area contributed by atoms with E-state index in [9.17, 15) is 9.18 Å². The molecule has 1 aromatic heterocycles. The maximum absolute atomic E-state index is 12.6. The van der Waals surface area contributed by atoms with Gasteiger partial charge >= 0.3 is 0 Å². The van der Waals surface area contributed by atoms with Crippen LogP contribution < -0.4 is 5.56 Å². The van der Waals surface area contributed by atoms with E-state index in [0.29, 0.717) is 10.8 Å². The van der Waals surface area contributed by atoms with Gasteiger partial charge in [-0.3, -0.25) is 4.79 Å². The maximum atomic E-state index is 12.6. The molecule has 0 fully saturated rings. The average Bonchev–Trinajstić information content (AvgIpc) is 2.04. The average molecular weight is 164 g/mol. The van der Waals surface area contributed by atoms with E-state index in [1.54, 1.807) is 0 Å². The first-order chi connectivity index (χ1) is 5.77. The molecule has 0 atom stereocenters. The Balaban J connectivity index is 2.96. The summed E-state index contributed by atoms with van der Waals surface area (Å²) in [5, 5.41) is 6.78. The van der Waals surface area contributed by atoms with Gasteiger partial charge in [-0.05, 0) is 18.2 Å². The van der Waals surface area contributed by atoms with E-state index in [-0.39, 0.29) is 11.4 Å². The van der Waals surface area contributed by atoms with Crippen LogP contribution >= 0.6 is 0 Å². The molecule has 0 saturated heterocycles. The smallest absolute Gasteiger partial charge is 0.267 e. The molecule has 0 saturated carbocycles. The van der Waals surface area contributed by atoms with E-state index < -0.39 is 0 Å². The summed E-state index contributed by atoms with van der Waals surface area (Å²) in [4.78, 5) is 11.0. The Morgan fingerprint density at radius 1 is 1.42 bits per heavy atom. The quantitative estimate of drug-likeness (QED) is 0.632. The molecular formula is C8H5FN2O. The van der Waals surface area contributed by atoms with Crippen molar-refractivity contribution in [1.82, 2.24) is 10.2 Å². The van der Waals surface area contributed by atoms with Gasteiger partial charge in [0.25, 0.3) is 5.56 Å². The van der Waals surface area contributed by atoms with Crippen molar-refractivity contribution in [1.29, 1.82) is 0 Å². The summed E-state index contributed by atoms with van der Waals surface area (Å²) in [5.41, 5.74) is -0.299. The Morgan fingerprint density at radius 3 is 3.08 bits per heavy atom. The lowest BCUT2D eigenvalue weighted by molar-refractivity contribution is 0.629.